The van der Waals surface area contributed by atoms with Gasteiger partial charge in [0.25, 0.3) is 0 Å². The molecule has 120 valence electrons. The van der Waals surface area contributed by atoms with Crippen molar-refractivity contribution in [3.05, 3.63) is 41.5 Å². The van der Waals surface area contributed by atoms with Gasteiger partial charge in [-0.25, -0.2) is 4.79 Å². The number of ether oxygens (including phenoxy) is 1. The largest absolute Gasteiger partial charge is 0.444 e. The second-order valence-corrected chi connectivity index (χ2v) is 7.20. The molecule has 0 fully saturated rings. The minimum Gasteiger partial charge on any atom is -0.444 e. The Hall–Kier alpha value is -1.77. The fraction of sp³-hybridized carbons (Fsp3) is 0.526. The van der Waals surface area contributed by atoms with Gasteiger partial charge in [0, 0.05) is 0 Å². The molecule has 0 saturated carbocycles. The first kappa shape index (κ1) is 16.6. The van der Waals surface area contributed by atoms with Crippen LogP contribution in [0.15, 0.2) is 30.3 Å². The van der Waals surface area contributed by atoms with Crippen molar-refractivity contribution in [1.82, 2.24) is 4.90 Å². The van der Waals surface area contributed by atoms with E-state index in [1.54, 1.807) is 0 Å². The van der Waals surface area contributed by atoms with Crippen LogP contribution >= 0.6 is 0 Å². The predicted molar refractivity (Wildman–Crippen MR) is 90.5 cm³/mol. The molecule has 22 heavy (non-hydrogen) atoms. The highest BCUT2D eigenvalue weighted by atomic mass is 16.6. The Balaban J connectivity index is 2.44. The number of rotatable bonds is 1. The van der Waals surface area contributed by atoms with E-state index < -0.39 is 5.60 Å². The number of nitrogens with zero attached hydrogens (tertiary/aromatic N) is 1. The third kappa shape index (κ3) is 3.34. The van der Waals surface area contributed by atoms with Crippen molar-refractivity contribution in [3.63, 3.8) is 0 Å². The Morgan fingerprint density at radius 1 is 1.32 bits per heavy atom. The van der Waals surface area contributed by atoms with Gasteiger partial charge in [0.05, 0.1) is 12.6 Å². The van der Waals surface area contributed by atoms with Crippen LogP contribution in [0.25, 0.3) is 5.57 Å². The SMILES string of the molecule is C/C=C1\c2ccccc2CN(C(=O)OC(C)(C)C)[C@H]1C(C)C. The lowest BCUT2D eigenvalue weighted by Crippen LogP contribution is -2.48. The average Bonchev–Trinajstić information content (AvgIpc) is 2.43. The molecule has 0 radical (unpaired) electrons. The second-order valence-electron chi connectivity index (χ2n) is 7.20. The Morgan fingerprint density at radius 2 is 1.95 bits per heavy atom. The lowest BCUT2D eigenvalue weighted by molar-refractivity contribution is 0.0141. The highest BCUT2D eigenvalue weighted by Crippen LogP contribution is 2.36. The summed E-state index contributed by atoms with van der Waals surface area (Å²) >= 11 is 0. The quantitative estimate of drug-likeness (QED) is 0.741. The maximum atomic E-state index is 12.7. The van der Waals surface area contributed by atoms with Crippen LogP contribution in [-0.4, -0.2) is 22.6 Å². The van der Waals surface area contributed by atoms with Crippen LogP contribution in [0.3, 0.4) is 0 Å². The van der Waals surface area contributed by atoms with Crippen LogP contribution < -0.4 is 0 Å². The van der Waals surface area contributed by atoms with Crippen LogP contribution in [0.1, 0.15) is 52.7 Å². The number of fused-ring (bicyclic) bond motifs is 1. The van der Waals surface area contributed by atoms with Crippen LogP contribution in [0.4, 0.5) is 4.79 Å². The van der Waals surface area contributed by atoms with E-state index in [0.29, 0.717) is 12.5 Å². The number of hydrogen-bond donors (Lipinski definition) is 0. The molecule has 0 bridgehead atoms. The van der Waals surface area contributed by atoms with E-state index in [9.17, 15) is 4.79 Å². The fourth-order valence-electron chi connectivity index (χ4n) is 3.09. The average molecular weight is 301 g/mol. The maximum absolute atomic E-state index is 12.7. The topological polar surface area (TPSA) is 29.5 Å². The number of hydrogen-bond acceptors (Lipinski definition) is 2. The van der Waals surface area contributed by atoms with Crippen molar-refractivity contribution in [2.45, 2.75) is 59.7 Å². The van der Waals surface area contributed by atoms with E-state index in [2.05, 4.69) is 38.1 Å². The molecule has 2 rings (SSSR count). The molecule has 0 saturated heterocycles. The molecule has 1 aliphatic heterocycles. The first-order valence-corrected chi connectivity index (χ1v) is 7.98. The Labute approximate surface area is 134 Å². The Morgan fingerprint density at radius 3 is 2.50 bits per heavy atom. The Bertz CT molecular complexity index is 581. The van der Waals surface area contributed by atoms with Crippen molar-refractivity contribution in [2.75, 3.05) is 0 Å². The zero-order chi connectivity index (χ0) is 16.5. The second kappa shape index (κ2) is 6.15. The van der Waals surface area contributed by atoms with Gasteiger partial charge in [0.15, 0.2) is 0 Å². The molecule has 1 atom stereocenters. The van der Waals surface area contributed by atoms with Gasteiger partial charge in [0.2, 0.25) is 0 Å². The molecule has 1 amide bonds. The number of amides is 1. The summed E-state index contributed by atoms with van der Waals surface area (Å²) in [6, 6.07) is 8.37. The van der Waals surface area contributed by atoms with Crippen LogP contribution in [0, 0.1) is 5.92 Å². The lowest BCUT2D eigenvalue weighted by Gasteiger charge is -2.41. The van der Waals surface area contributed by atoms with Crippen LogP contribution in [0.5, 0.6) is 0 Å². The third-order valence-electron chi connectivity index (χ3n) is 3.89. The van der Waals surface area contributed by atoms with Crippen LogP contribution in [-0.2, 0) is 11.3 Å². The molecule has 1 heterocycles. The molecule has 0 spiro atoms. The molecule has 0 N–H and O–H groups in total. The Kier molecular flexibility index (Phi) is 4.64. The van der Waals surface area contributed by atoms with E-state index >= 15 is 0 Å². The fourth-order valence-corrected chi connectivity index (χ4v) is 3.09. The van der Waals surface area contributed by atoms with Gasteiger partial charge in [0.1, 0.15) is 5.60 Å². The van der Waals surface area contributed by atoms with Crippen molar-refractivity contribution in [1.29, 1.82) is 0 Å². The van der Waals surface area contributed by atoms with Gasteiger partial charge in [-0.3, -0.25) is 4.90 Å². The molecule has 3 nitrogen and oxygen atoms in total. The number of allylic oxidation sites excluding steroid dienone is 1. The van der Waals surface area contributed by atoms with E-state index in [4.69, 9.17) is 4.74 Å². The summed E-state index contributed by atoms with van der Waals surface area (Å²) in [6.07, 6.45) is 1.89. The molecule has 3 heteroatoms. The number of carbonyl (C=O) groups excluding carboxylic acids is 1. The zero-order valence-electron chi connectivity index (χ0n) is 14.5. The first-order valence-electron chi connectivity index (χ1n) is 7.98. The van der Waals surface area contributed by atoms with Gasteiger partial charge >= 0.3 is 6.09 Å². The summed E-state index contributed by atoms with van der Waals surface area (Å²) < 4.78 is 5.63. The molecule has 1 aromatic carbocycles. The summed E-state index contributed by atoms with van der Waals surface area (Å²) in [6.45, 7) is 12.7. The lowest BCUT2D eigenvalue weighted by atomic mass is 9.83. The minimum absolute atomic E-state index is 0.0507. The standard InChI is InChI=1S/C19H27NO2/c1-7-15-16-11-9-8-10-14(16)12-20(17(15)13(2)3)18(21)22-19(4,5)6/h7-11,13,17H,12H2,1-6H3/b15-7+/t17-/m0/s1. The maximum Gasteiger partial charge on any atom is 0.411 e. The summed E-state index contributed by atoms with van der Waals surface area (Å²) in [4.78, 5) is 14.5. The summed E-state index contributed by atoms with van der Waals surface area (Å²) in [7, 11) is 0. The third-order valence-corrected chi connectivity index (χ3v) is 3.89. The molecular formula is C19H27NO2. The van der Waals surface area contributed by atoms with Gasteiger partial charge in [-0.05, 0) is 50.3 Å². The highest BCUT2D eigenvalue weighted by Gasteiger charge is 2.37. The molecule has 0 aliphatic carbocycles. The van der Waals surface area contributed by atoms with E-state index in [0.717, 1.165) is 0 Å². The van der Waals surface area contributed by atoms with Crippen molar-refractivity contribution in [2.24, 2.45) is 5.92 Å². The molecule has 1 aromatic rings. The van der Waals surface area contributed by atoms with E-state index in [1.807, 2.05) is 38.7 Å². The van der Waals surface area contributed by atoms with E-state index in [-0.39, 0.29) is 12.1 Å². The van der Waals surface area contributed by atoms with Crippen molar-refractivity contribution in [3.8, 4) is 0 Å². The zero-order valence-corrected chi connectivity index (χ0v) is 14.5. The summed E-state index contributed by atoms with van der Waals surface area (Å²) in [5.41, 5.74) is 3.16. The normalized spacial score (nSPS) is 20.2. The summed E-state index contributed by atoms with van der Waals surface area (Å²) in [5, 5.41) is 0. The monoisotopic (exact) mass is 301 g/mol. The van der Waals surface area contributed by atoms with Gasteiger partial charge in [-0.15, -0.1) is 0 Å². The minimum atomic E-state index is -0.480. The highest BCUT2D eigenvalue weighted by molar-refractivity contribution is 5.80. The van der Waals surface area contributed by atoms with Crippen LogP contribution in [0.2, 0.25) is 0 Å². The molecule has 0 unspecified atom stereocenters. The molecule has 1 aliphatic rings. The van der Waals surface area contributed by atoms with Crippen molar-refractivity contribution < 1.29 is 9.53 Å². The number of carbonyl (C=O) groups is 1. The van der Waals surface area contributed by atoms with E-state index in [1.165, 1.54) is 16.7 Å². The number of benzene rings is 1. The predicted octanol–water partition coefficient (Wildman–Crippen LogP) is 4.87. The van der Waals surface area contributed by atoms with Gasteiger partial charge < -0.3 is 4.74 Å². The molecular weight excluding hydrogens is 274 g/mol. The van der Waals surface area contributed by atoms with Crippen molar-refractivity contribution >= 4 is 11.7 Å². The smallest absolute Gasteiger partial charge is 0.411 e. The molecule has 0 aromatic heterocycles. The summed E-state index contributed by atoms with van der Waals surface area (Å²) in [5.74, 6) is 0.326. The van der Waals surface area contributed by atoms with Gasteiger partial charge in [-0.1, -0.05) is 44.2 Å². The van der Waals surface area contributed by atoms with Gasteiger partial charge in [-0.2, -0.15) is 0 Å². The first-order chi connectivity index (χ1) is 10.2.